The zero-order valence-corrected chi connectivity index (χ0v) is 43.0. The normalized spacial score (nSPS) is 25.7. The minimum atomic E-state index is -1.74. The Morgan fingerprint density at radius 3 is 2.00 bits per heavy atom. The molecule has 1 fully saturated rings. The van der Waals surface area contributed by atoms with Gasteiger partial charge >= 0.3 is 0 Å². The molecule has 2 aliphatic carbocycles. The van der Waals surface area contributed by atoms with E-state index in [0.717, 1.165) is 12.8 Å². The van der Waals surface area contributed by atoms with Crippen LogP contribution in [0.15, 0.2) is 103 Å². The maximum Gasteiger partial charge on any atom is 0.252 e. The molecule has 6 aromatic carbocycles. The molecule has 0 bridgehead atoms. The lowest BCUT2D eigenvalue weighted by Crippen LogP contribution is -2.64. The lowest BCUT2D eigenvalue weighted by Gasteiger charge is -2.53. The first-order chi connectivity index (χ1) is 31.1. The van der Waals surface area contributed by atoms with E-state index >= 15 is 0 Å². The Bertz CT molecular complexity index is 3320. The van der Waals surface area contributed by atoms with E-state index in [0.29, 0.717) is 0 Å². The fraction of sp³-hybridized carbons (Fsp3) is 0.410. The summed E-state index contributed by atoms with van der Waals surface area (Å²) in [6.07, 6.45) is 7.19. The molecule has 0 spiro atoms. The Hall–Kier alpha value is -5.00. The minimum absolute atomic E-state index is 0.0199. The van der Waals surface area contributed by atoms with Crippen molar-refractivity contribution in [3.8, 4) is 5.69 Å². The van der Waals surface area contributed by atoms with Gasteiger partial charge in [0.15, 0.2) is 0 Å². The molecule has 5 heteroatoms. The highest BCUT2D eigenvalue weighted by Crippen LogP contribution is 2.66. The highest BCUT2D eigenvalue weighted by Gasteiger charge is 2.63. The van der Waals surface area contributed by atoms with Crippen molar-refractivity contribution >= 4 is 80.9 Å². The molecule has 1 saturated carbocycles. The maximum atomic E-state index is 2.97. The second kappa shape index (κ2) is 12.6. The molecule has 13 rings (SSSR count). The van der Waals surface area contributed by atoms with Crippen molar-refractivity contribution in [1.29, 1.82) is 0 Å². The maximum absolute atomic E-state index is 2.97. The summed E-state index contributed by atoms with van der Waals surface area (Å²) in [6.45, 7) is 32.7. The van der Waals surface area contributed by atoms with Gasteiger partial charge in [0.2, 0.25) is 0 Å². The van der Waals surface area contributed by atoms with E-state index in [9.17, 15) is 0 Å². The summed E-state index contributed by atoms with van der Waals surface area (Å²) in [7, 11) is -1.74. The van der Waals surface area contributed by atoms with Crippen LogP contribution in [-0.2, 0) is 33.6 Å². The third-order valence-electron chi connectivity index (χ3n) is 19.2. The fourth-order valence-corrected chi connectivity index (χ4v) is 16.2. The van der Waals surface area contributed by atoms with Gasteiger partial charge in [-0.2, -0.15) is 0 Å². The molecule has 7 aromatic rings. The molecule has 4 unspecified atom stereocenters. The van der Waals surface area contributed by atoms with E-state index < -0.39 is 8.07 Å². The van der Waals surface area contributed by atoms with Crippen LogP contribution in [0.3, 0.4) is 0 Å². The largest absolute Gasteiger partial charge is 0.335 e. The van der Waals surface area contributed by atoms with Gasteiger partial charge in [-0.3, -0.25) is 0 Å². The number of hydrogen-bond acceptors (Lipinski definition) is 2. The van der Waals surface area contributed by atoms with Gasteiger partial charge in [0, 0.05) is 55.6 Å². The average Bonchev–Trinajstić information content (AvgIpc) is 3.79. The zero-order chi connectivity index (χ0) is 46.0. The lowest BCUT2D eigenvalue weighted by molar-refractivity contribution is 0.195. The molecule has 4 atom stereocenters. The number of aromatic nitrogens is 1. The molecule has 0 amide bonds. The van der Waals surface area contributed by atoms with Crippen LogP contribution in [0.5, 0.6) is 0 Å². The molecule has 0 radical (unpaired) electrons. The van der Waals surface area contributed by atoms with Crippen molar-refractivity contribution < 1.29 is 0 Å². The van der Waals surface area contributed by atoms with Crippen LogP contribution >= 0.6 is 0 Å². The van der Waals surface area contributed by atoms with Crippen molar-refractivity contribution in [3.63, 3.8) is 0 Å². The number of nitrogens with zero attached hydrogens (tertiary/aromatic N) is 3. The van der Waals surface area contributed by atoms with E-state index in [1.165, 1.54) is 115 Å². The van der Waals surface area contributed by atoms with Gasteiger partial charge in [0.25, 0.3) is 6.71 Å². The first-order valence-corrected chi connectivity index (χ1v) is 28.9. The summed E-state index contributed by atoms with van der Waals surface area (Å²) in [5, 5.41) is 4.38. The number of para-hydroxylation sites is 1. The van der Waals surface area contributed by atoms with E-state index in [1.807, 2.05) is 0 Å². The molecule has 334 valence electrons. The Morgan fingerprint density at radius 1 is 0.576 bits per heavy atom. The topological polar surface area (TPSA) is 11.4 Å². The minimum Gasteiger partial charge on any atom is -0.335 e. The Balaban J connectivity index is 1.22. The van der Waals surface area contributed by atoms with Crippen LogP contribution in [0.25, 0.3) is 27.5 Å². The summed E-state index contributed by atoms with van der Waals surface area (Å²) >= 11 is 0. The Kier molecular flexibility index (Phi) is 7.84. The number of fused-ring (bicyclic) bond motifs is 15. The monoisotopic (exact) mass is 882 g/mol. The number of aryl methyl sites for hydroxylation is 1. The second-order valence-electron chi connectivity index (χ2n) is 25.6. The zero-order valence-electron chi connectivity index (χ0n) is 42.0. The highest BCUT2D eigenvalue weighted by molar-refractivity contribution is 7.01. The molecule has 66 heavy (non-hydrogen) atoms. The van der Waals surface area contributed by atoms with Crippen LogP contribution in [0.4, 0.5) is 22.7 Å². The Morgan fingerprint density at radius 2 is 1.26 bits per heavy atom. The first kappa shape index (κ1) is 41.2. The molecule has 1 aromatic heterocycles. The van der Waals surface area contributed by atoms with Gasteiger partial charge in [0.1, 0.15) is 0 Å². The van der Waals surface area contributed by atoms with E-state index in [2.05, 4.69) is 206 Å². The van der Waals surface area contributed by atoms with Crippen LogP contribution in [0.1, 0.15) is 135 Å². The molecule has 0 saturated heterocycles. The summed E-state index contributed by atoms with van der Waals surface area (Å²) in [4.78, 5) is 5.80. The molecule has 3 nitrogen and oxygen atoms in total. The first-order valence-electron chi connectivity index (χ1n) is 25.4. The van der Waals surface area contributed by atoms with Crippen LogP contribution in [0, 0.1) is 0 Å². The third kappa shape index (κ3) is 4.82. The van der Waals surface area contributed by atoms with Gasteiger partial charge in [-0.1, -0.05) is 160 Å². The van der Waals surface area contributed by atoms with Gasteiger partial charge in [-0.15, -0.1) is 0 Å². The summed E-state index contributed by atoms with van der Waals surface area (Å²) in [5.41, 5.74) is 22.7. The van der Waals surface area contributed by atoms with Crippen molar-refractivity contribution in [1.82, 2.24) is 4.57 Å². The Labute approximate surface area is 395 Å². The molecular formula is C61H68BN3Si. The molecular weight excluding hydrogens is 814 g/mol. The van der Waals surface area contributed by atoms with E-state index in [-0.39, 0.29) is 39.5 Å². The third-order valence-corrected chi connectivity index (χ3v) is 21.2. The average molecular weight is 882 g/mol. The molecule has 4 aliphatic heterocycles. The van der Waals surface area contributed by atoms with Crippen molar-refractivity contribution in [2.24, 2.45) is 0 Å². The van der Waals surface area contributed by atoms with Crippen LogP contribution < -0.4 is 31.4 Å². The van der Waals surface area contributed by atoms with Crippen molar-refractivity contribution in [2.75, 3.05) is 9.80 Å². The van der Waals surface area contributed by atoms with E-state index in [1.54, 1.807) is 16.2 Å². The number of hydrogen-bond donors (Lipinski definition) is 0. The van der Waals surface area contributed by atoms with Crippen molar-refractivity contribution in [2.45, 2.75) is 160 Å². The summed E-state index contributed by atoms with van der Waals surface area (Å²) in [5.74, 6) is 0. The smallest absolute Gasteiger partial charge is 0.252 e. The number of rotatable bonds is 2. The van der Waals surface area contributed by atoms with Gasteiger partial charge < -0.3 is 14.4 Å². The van der Waals surface area contributed by atoms with Crippen LogP contribution in [0.2, 0.25) is 19.6 Å². The standard InChI is InChI=1S/C61H68BN3Si/c1-56(2,3)38-24-25-49-42(30-38)43-31-39(57(4,5)6)32-47-54(43)63(49)51-33-40(64-50-23-17-16-22-45(50)59(8)29-26-37-20-14-15-21-44(37)61(59,64)10)34-52-53(51)62(47)48-36-41(66(11,12)13)35-46-55(48)65(52)60(9)28-19-18-27-58(46,60)7/h14-17,20-25,30-36H,18-19,26-29H2,1-13H3. The molecule has 6 aliphatic rings. The van der Waals surface area contributed by atoms with Gasteiger partial charge in [0.05, 0.1) is 24.7 Å². The van der Waals surface area contributed by atoms with Crippen LogP contribution in [-0.4, -0.2) is 24.9 Å². The number of benzene rings is 6. The van der Waals surface area contributed by atoms with Gasteiger partial charge in [-0.05, 0) is 137 Å². The quantitative estimate of drug-likeness (QED) is 0.160. The predicted molar refractivity (Wildman–Crippen MR) is 287 cm³/mol. The summed E-state index contributed by atoms with van der Waals surface area (Å²) in [6, 6.07) is 42.4. The molecule has 0 N–H and O–H groups in total. The highest BCUT2D eigenvalue weighted by atomic mass is 28.3. The number of anilines is 4. The summed E-state index contributed by atoms with van der Waals surface area (Å²) < 4.78 is 2.75. The SMILES string of the molecule is CC(C)(C)c1ccc2c(c1)c1cc(C(C)(C)C)cc3c1n2-c1cc(N2c4ccccc4C4(C)CCc5ccccc5C24C)cc2c1B3c1cc([Si](C)(C)C)cc3c1N2C1(C)CCCCC31C. The lowest BCUT2D eigenvalue weighted by atomic mass is 9.33. The van der Waals surface area contributed by atoms with Gasteiger partial charge in [-0.25, -0.2) is 0 Å². The van der Waals surface area contributed by atoms with Crippen molar-refractivity contribution in [3.05, 3.63) is 137 Å². The molecule has 5 heterocycles. The second-order valence-corrected chi connectivity index (χ2v) is 30.7. The fourth-order valence-electron chi connectivity index (χ4n) is 15.0. The van der Waals surface area contributed by atoms with E-state index in [4.69, 9.17) is 0 Å². The predicted octanol–water partition coefficient (Wildman–Crippen LogP) is 13.1.